The van der Waals surface area contributed by atoms with Crippen molar-refractivity contribution in [2.45, 2.75) is 41.8 Å². The van der Waals surface area contributed by atoms with Gasteiger partial charge in [-0.25, -0.2) is 0 Å². The fraction of sp³-hybridized carbons (Fsp3) is 1.00. The zero-order valence-corrected chi connectivity index (χ0v) is 9.00. The molecule has 0 aromatic carbocycles. The maximum atomic E-state index is 2.58. The molecule has 1 aliphatic heterocycles. The van der Waals surface area contributed by atoms with Crippen LogP contribution in [0.3, 0.4) is 0 Å². The van der Waals surface area contributed by atoms with Crippen LogP contribution in [0.2, 0.25) is 22.0 Å². The molecule has 1 saturated heterocycles. The summed E-state index contributed by atoms with van der Waals surface area (Å²) in [5.74, 6) is 6.22. The fourth-order valence-corrected chi connectivity index (χ4v) is 9.33. The SMILES string of the molecule is C[C@@H]1CC[CH2][Ge]([CH3])([CH3])[CH2]1. The number of hydrogen-bond acceptors (Lipinski definition) is 0. The first-order chi connectivity index (χ1) is 4.10. The van der Waals surface area contributed by atoms with Crippen LogP contribution in [0.25, 0.3) is 0 Å². The fourth-order valence-electron chi connectivity index (χ4n) is 2.08. The van der Waals surface area contributed by atoms with Crippen LogP contribution in [-0.4, -0.2) is 13.3 Å². The first-order valence-corrected chi connectivity index (χ1v) is 11.3. The Balaban J connectivity index is 2.41. The predicted octanol–water partition coefficient (Wildman–Crippen LogP) is 3.12. The standard InChI is InChI=1S/C8H18Ge/c1-8-5-4-6-9(2,3)7-8/h8H,4-7H2,1-3H3/t8-/m1/s1. The van der Waals surface area contributed by atoms with Crippen molar-refractivity contribution in [1.82, 2.24) is 0 Å². The Morgan fingerprint density at radius 2 is 2.00 bits per heavy atom. The zero-order chi connectivity index (χ0) is 6.91. The maximum absolute atomic E-state index is 2.58. The van der Waals surface area contributed by atoms with E-state index in [0.29, 0.717) is 0 Å². The molecule has 1 aliphatic rings. The molecule has 0 unspecified atom stereocenters. The minimum atomic E-state index is -1.11. The van der Waals surface area contributed by atoms with Gasteiger partial charge in [0.1, 0.15) is 0 Å². The van der Waals surface area contributed by atoms with Gasteiger partial charge in [0.25, 0.3) is 0 Å². The third-order valence-electron chi connectivity index (χ3n) is 2.45. The van der Waals surface area contributed by atoms with E-state index in [4.69, 9.17) is 0 Å². The molecule has 0 aromatic heterocycles. The van der Waals surface area contributed by atoms with E-state index in [1.165, 1.54) is 12.8 Å². The second kappa shape index (κ2) is 2.65. The Morgan fingerprint density at radius 3 is 2.33 bits per heavy atom. The summed E-state index contributed by atoms with van der Waals surface area (Å²) in [6.07, 6.45) is 3.04. The Bertz CT molecular complexity index is 96.7. The molecule has 0 saturated carbocycles. The normalized spacial score (nSPS) is 34.3. The van der Waals surface area contributed by atoms with E-state index in [2.05, 4.69) is 18.4 Å². The Labute approximate surface area is 61.4 Å². The van der Waals surface area contributed by atoms with Gasteiger partial charge in [-0.3, -0.25) is 0 Å². The van der Waals surface area contributed by atoms with Crippen molar-refractivity contribution in [2.24, 2.45) is 5.92 Å². The first kappa shape index (κ1) is 7.65. The summed E-state index contributed by atoms with van der Waals surface area (Å²) < 4.78 is 0. The quantitative estimate of drug-likeness (QED) is 0.511. The van der Waals surface area contributed by atoms with Crippen LogP contribution in [0.15, 0.2) is 0 Å². The summed E-state index contributed by atoms with van der Waals surface area (Å²) in [4.78, 5) is 0. The van der Waals surface area contributed by atoms with Gasteiger partial charge in [0.05, 0.1) is 0 Å². The van der Waals surface area contributed by atoms with Gasteiger partial charge in [-0.15, -0.1) is 0 Å². The molecule has 0 N–H and O–H groups in total. The van der Waals surface area contributed by atoms with E-state index < -0.39 is 13.3 Å². The molecule has 0 spiro atoms. The van der Waals surface area contributed by atoms with E-state index in [9.17, 15) is 0 Å². The van der Waals surface area contributed by atoms with E-state index in [0.717, 1.165) is 5.92 Å². The summed E-state index contributed by atoms with van der Waals surface area (Å²) in [5.41, 5.74) is 0. The molecule has 1 atom stereocenters. The van der Waals surface area contributed by atoms with Crippen molar-refractivity contribution in [3.63, 3.8) is 0 Å². The second-order valence-corrected chi connectivity index (χ2v) is 15.4. The van der Waals surface area contributed by atoms with E-state index in [1.54, 1.807) is 10.5 Å². The van der Waals surface area contributed by atoms with Crippen molar-refractivity contribution in [3.8, 4) is 0 Å². The molecule has 1 fully saturated rings. The van der Waals surface area contributed by atoms with Gasteiger partial charge in [-0.1, -0.05) is 0 Å². The summed E-state index contributed by atoms with van der Waals surface area (Å²) >= 11 is -1.11. The third kappa shape index (κ3) is 2.32. The molecular formula is C8H18Ge. The van der Waals surface area contributed by atoms with Crippen molar-refractivity contribution in [3.05, 3.63) is 0 Å². The third-order valence-corrected chi connectivity index (χ3v) is 9.81. The summed E-state index contributed by atoms with van der Waals surface area (Å²) in [6, 6.07) is 0. The van der Waals surface area contributed by atoms with Crippen LogP contribution >= 0.6 is 0 Å². The minimum absolute atomic E-state index is 1.06. The molecule has 0 radical (unpaired) electrons. The van der Waals surface area contributed by atoms with Gasteiger partial charge in [0.2, 0.25) is 0 Å². The van der Waals surface area contributed by atoms with Gasteiger partial charge < -0.3 is 0 Å². The molecule has 1 heterocycles. The molecule has 0 aromatic rings. The van der Waals surface area contributed by atoms with E-state index in [1.807, 2.05) is 0 Å². The number of hydrogen-bond donors (Lipinski definition) is 0. The van der Waals surface area contributed by atoms with Crippen molar-refractivity contribution in [2.75, 3.05) is 0 Å². The van der Waals surface area contributed by atoms with Crippen molar-refractivity contribution >= 4 is 13.3 Å². The van der Waals surface area contributed by atoms with Gasteiger partial charge >= 0.3 is 61.0 Å². The predicted molar refractivity (Wildman–Crippen MR) is 45.5 cm³/mol. The molecule has 0 aliphatic carbocycles. The van der Waals surface area contributed by atoms with Crippen molar-refractivity contribution < 1.29 is 0 Å². The van der Waals surface area contributed by atoms with Gasteiger partial charge in [0, 0.05) is 0 Å². The average Bonchev–Trinajstić information content (AvgIpc) is 1.60. The molecule has 0 amide bonds. The Morgan fingerprint density at radius 1 is 1.33 bits per heavy atom. The zero-order valence-electron chi connectivity index (χ0n) is 6.91. The van der Waals surface area contributed by atoms with Crippen LogP contribution < -0.4 is 0 Å². The molecule has 0 nitrogen and oxygen atoms in total. The van der Waals surface area contributed by atoms with Crippen LogP contribution in [0.4, 0.5) is 0 Å². The number of rotatable bonds is 0. The molecule has 54 valence electrons. The molecule has 1 heteroatoms. The van der Waals surface area contributed by atoms with Gasteiger partial charge in [0.15, 0.2) is 0 Å². The van der Waals surface area contributed by atoms with Crippen LogP contribution in [0.5, 0.6) is 0 Å². The molecular weight excluding hydrogens is 169 g/mol. The molecule has 1 rings (SSSR count). The Kier molecular flexibility index (Phi) is 2.25. The second-order valence-electron chi connectivity index (χ2n) is 4.37. The van der Waals surface area contributed by atoms with E-state index >= 15 is 0 Å². The monoisotopic (exact) mass is 188 g/mol. The van der Waals surface area contributed by atoms with Crippen molar-refractivity contribution in [1.29, 1.82) is 0 Å². The summed E-state index contributed by atoms with van der Waals surface area (Å²) in [5, 5.41) is 3.25. The summed E-state index contributed by atoms with van der Waals surface area (Å²) in [7, 11) is 0. The van der Waals surface area contributed by atoms with E-state index in [-0.39, 0.29) is 0 Å². The van der Waals surface area contributed by atoms with Crippen LogP contribution in [-0.2, 0) is 0 Å². The van der Waals surface area contributed by atoms with Crippen LogP contribution in [0, 0.1) is 5.92 Å². The summed E-state index contributed by atoms with van der Waals surface area (Å²) in [6.45, 7) is 2.42. The molecule has 0 bridgehead atoms. The topological polar surface area (TPSA) is 0 Å². The Hall–Kier alpha value is 0.543. The van der Waals surface area contributed by atoms with Gasteiger partial charge in [-0.05, 0) is 0 Å². The average molecular weight is 187 g/mol. The molecule has 9 heavy (non-hydrogen) atoms. The van der Waals surface area contributed by atoms with Crippen LogP contribution in [0.1, 0.15) is 19.8 Å². The van der Waals surface area contributed by atoms with Gasteiger partial charge in [-0.2, -0.15) is 0 Å². The first-order valence-electron chi connectivity index (χ1n) is 4.10.